The number of benzene rings is 1. The molecule has 21 heavy (non-hydrogen) atoms. The summed E-state index contributed by atoms with van der Waals surface area (Å²) in [6.45, 7) is 3.17. The molecule has 1 aromatic carbocycles. The normalized spacial score (nSPS) is 12.1. The Morgan fingerprint density at radius 1 is 1.29 bits per heavy atom. The van der Waals surface area contributed by atoms with E-state index in [4.69, 9.17) is 5.11 Å². The Balaban J connectivity index is 2.23. The summed E-state index contributed by atoms with van der Waals surface area (Å²) in [7, 11) is -3.69. The van der Waals surface area contributed by atoms with Gasteiger partial charge in [-0.1, -0.05) is 12.1 Å². The summed E-state index contributed by atoms with van der Waals surface area (Å²) < 4.78 is 26.4. The number of sulfonamides is 1. The van der Waals surface area contributed by atoms with E-state index in [1.807, 2.05) is 0 Å². The Hall–Kier alpha value is -2.35. The van der Waals surface area contributed by atoms with Crippen LogP contribution in [0.15, 0.2) is 41.6 Å². The highest BCUT2D eigenvalue weighted by atomic mass is 32.2. The second-order valence-corrected chi connectivity index (χ2v) is 6.73. The van der Waals surface area contributed by atoms with Gasteiger partial charge in [-0.15, -0.1) is 0 Å². The average Bonchev–Trinajstić information content (AvgIpc) is 2.93. The largest absolute Gasteiger partial charge is 0.481 e. The molecule has 0 fully saturated rings. The lowest BCUT2D eigenvalue weighted by molar-refractivity contribution is -0.142. The van der Waals surface area contributed by atoms with Gasteiger partial charge in [0, 0.05) is 11.9 Å². The van der Waals surface area contributed by atoms with Gasteiger partial charge in [0.25, 0.3) is 10.0 Å². The third kappa shape index (κ3) is 3.05. The lowest BCUT2D eigenvalue weighted by Crippen LogP contribution is -2.28. The third-order valence-electron chi connectivity index (χ3n) is 3.18. The molecule has 0 aliphatic rings. The number of aromatic amines is 1. The first-order valence-electron chi connectivity index (χ1n) is 6.09. The van der Waals surface area contributed by atoms with Crippen molar-refractivity contribution in [2.45, 2.75) is 24.2 Å². The van der Waals surface area contributed by atoms with E-state index in [-0.39, 0.29) is 4.90 Å². The van der Waals surface area contributed by atoms with Crippen LogP contribution in [0.5, 0.6) is 0 Å². The van der Waals surface area contributed by atoms with Crippen LogP contribution in [0.2, 0.25) is 0 Å². The lowest BCUT2D eigenvalue weighted by Gasteiger charge is -2.19. The number of anilines is 1. The SMILES string of the molecule is CC(C)(C(=O)O)c1ccc(NS(=O)(=O)c2cn[nH]c2)cc1. The van der Waals surface area contributed by atoms with Gasteiger partial charge in [0.1, 0.15) is 4.90 Å². The van der Waals surface area contributed by atoms with E-state index in [0.29, 0.717) is 11.3 Å². The molecule has 112 valence electrons. The summed E-state index contributed by atoms with van der Waals surface area (Å²) in [5.74, 6) is -0.950. The van der Waals surface area contributed by atoms with Gasteiger partial charge in [-0.05, 0) is 31.5 Å². The van der Waals surface area contributed by atoms with Crippen molar-refractivity contribution in [2.75, 3.05) is 4.72 Å². The number of aliphatic carboxylic acids is 1. The van der Waals surface area contributed by atoms with Crippen LogP contribution in [0.3, 0.4) is 0 Å². The molecule has 8 heteroatoms. The smallest absolute Gasteiger partial charge is 0.313 e. The number of nitrogens with zero attached hydrogens (tertiary/aromatic N) is 1. The highest BCUT2D eigenvalue weighted by molar-refractivity contribution is 7.92. The maximum absolute atomic E-state index is 12.0. The van der Waals surface area contributed by atoms with Gasteiger partial charge in [0.15, 0.2) is 0 Å². The Morgan fingerprint density at radius 2 is 1.90 bits per heavy atom. The van der Waals surface area contributed by atoms with Crippen LogP contribution >= 0.6 is 0 Å². The number of hydrogen-bond acceptors (Lipinski definition) is 4. The van der Waals surface area contributed by atoms with Crippen molar-refractivity contribution in [2.24, 2.45) is 0 Å². The van der Waals surface area contributed by atoms with E-state index in [2.05, 4.69) is 14.9 Å². The van der Waals surface area contributed by atoms with Crippen LogP contribution in [0.4, 0.5) is 5.69 Å². The Morgan fingerprint density at radius 3 is 2.38 bits per heavy atom. The van der Waals surface area contributed by atoms with Crippen LogP contribution < -0.4 is 4.72 Å². The number of rotatable bonds is 5. The number of carbonyl (C=O) groups is 1. The molecule has 7 nitrogen and oxygen atoms in total. The monoisotopic (exact) mass is 309 g/mol. The first kappa shape index (κ1) is 15.0. The molecule has 2 rings (SSSR count). The minimum Gasteiger partial charge on any atom is -0.481 e. The second kappa shape index (κ2) is 5.21. The maximum Gasteiger partial charge on any atom is 0.313 e. The lowest BCUT2D eigenvalue weighted by atomic mass is 9.85. The van der Waals surface area contributed by atoms with Gasteiger partial charge < -0.3 is 5.11 Å². The van der Waals surface area contributed by atoms with E-state index >= 15 is 0 Å². The van der Waals surface area contributed by atoms with Gasteiger partial charge >= 0.3 is 5.97 Å². The maximum atomic E-state index is 12.0. The van der Waals surface area contributed by atoms with Crippen molar-refractivity contribution in [3.63, 3.8) is 0 Å². The van der Waals surface area contributed by atoms with E-state index < -0.39 is 21.4 Å². The number of H-pyrrole nitrogens is 1. The molecule has 0 atom stereocenters. The van der Waals surface area contributed by atoms with E-state index in [0.717, 1.165) is 0 Å². The van der Waals surface area contributed by atoms with E-state index in [9.17, 15) is 13.2 Å². The molecule has 0 saturated carbocycles. The molecule has 0 saturated heterocycles. The molecule has 0 aliphatic carbocycles. The zero-order valence-electron chi connectivity index (χ0n) is 11.5. The van der Waals surface area contributed by atoms with Crippen molar-refractivity contribution in [1.82, 2.24) is 10.2 Å². The molecule has 0 radical (unpaired) electrons. The fraction of sp³-hybridized carbons (Fsp3) is 0.231. The quantitative estimate of drug-likeness (QED) is 0.776. The molecular weight excluding hydrogens is 294 g/mol. The average molecular weight is 309 g/mol. The van der Waals surface area contributed by atoms with Crippen molar-refractivity contribution in [3.8, 4) is 0 Å². The minimum atomic E-state index is -3.69. The number of aromatic nitrogens is 2. The summed E-state index contributed by atoms with van der Waals surface area (Å²) in [5.41, 5.74) is -0.107. The van der Waals surface area contributed by atoms with Crippen LogP contribution in [-0.2, 0) is 20.2 Å². The summed E-state index contributed by atoms with van der Waals surface area (Å²) in [6, 6.07) is 6.22. The molecule has 0 amide bonds. The van der Waals surface area contributed by atoms with Crippen LogP contribution in [0.1, 0.15) is 19.4 Å². The van der Waals surface area contributed by atoms with Crippen LogP contribution in [0, 0.1) is 0 Å². The number of hydrogen-bond donors (Lipinski definition) is 3. The summed E-state index contributed by atoms with van der Waals surface area (Å²) in [4.78, 5) is 11.2. The minimum absolute atomic E-state index is 0.0254. The Bertz CT molecular complexity index is 734. The predicted octanol–water partition coefficient (Wildman–Crippen LogP) is 1.57. The number of nitrogens with one attached hydrogen (secondary N) is 2. The summed E-state index contributed by atoms with van der Waals surface area (Å²) in [6.07, 6.45) is 2.47. The zero-order valence-corrected chi connectivity index (χ0v) is 12.3. The number of carboxylic acids is 1. The van der Waals surface area contributed by atoms with Gasteiger partial charge in [0.05, 0.1) is 11.6 Å². The van der Waals surface area contributed by atoms with Gasteiger partial charge in [-0.3, -0.25) is 14.6 Å². The Labute approximate surface area is 122 Å². The standard InChI is InChI=1S/C13H15N3O4S/c1-13(2,12(17)18)9-3-5-10(6-4-9)16-21(19,20)11-7-14-15-8-11/h3-8,16H,1-2H3,(H,14,15)(H,17,18). The van der Waals surface area contributed by atoms with Crippen molar-refractivity contribution in [1.29, 1.82) is 0 Å². The number of carboxylic acid groups (broad SMARTS) is 1. The van der Waals surface area contributed by atoms with Crippen molar-refractivity contribution < 1.29 is 18.3 Å². The fourth-order valence-electron chi connectivity index (χ4n) is 1.68. The molecule has 1 aromatic heterocycles. The van der Waals surface area contributed by atoms with Gasteiger partial charge in [-0.2, -0.15) is 5.10 Å². The molecule has 0 bridgehead atoms. The first-order valence-corrected chi connectivity index (χ1v) is 7.57. The molecule has 0 aliphatic heterocycles. The van der Waals surface area contributed by atoms with Crippen molar-refractivity contribution >= 4 is 21.7 Å². The Kier molecular flexibility index (Phi) is 3.73. The van der Waals surface area contributed by atoms with Crippen LogP contribution in [-0.4, -0.2) is 29.7 Å². The molecule has 2 aromatic rings. The van der Waals surface area contributed by atoms with Gasteiger partial charge in [0.2, 0.25) is 0 Å². The molecular formula is C13H15N3O4S. The zero-order chi connectivity index (χ0) is 15.7. The summed E-state index contributed by atoms with van der Waals surface area (Å²) >= 11 is 0. The molecule has 0 spiro atoms. The highest BCUT2D eigenvalue weighted by Gasteiger charge is 2.29. The second-order valence-electron chi connectivity index (χ2n) is 5.05. The molecule has 0 unspecified atom stereocenters. The van der Waals surface area contributed by atoms with Crippen LogP contribution in [0.25, 0.3) is 0 Å². The molecule has 3 N–H and O–H groups in total. The van der Waals surface area contributed by atoms with Gasteiger partial charge in [-0.25, -0.2) is 8.42 Å². The molecule has 1 heterocycles. The predicted molar refractivity (Wildman–Crippen MR) is 76.5 cm³/mol. The van der Waals surface area contributed by atoms with E-state index in [1.54, 1.807) is 26.0 Å². The topological polar surface area (TPSA) is 112 Å². The van der Waals surface area contributed by atoms with E-state index in [1.165, 1.54) is 24.5 Å². The third-order valence-corrected chi connectivity index (χ3v) is 4.53. The summed E-state index contributed by atoms with van der Waals surface area (Å²) in [5, 5.41) is 15.2. The highest BCUT2D eigenvalue weighted by Crippen LogP contribution is 2.25. The first-order chi connectivity index (χ1) is 9.73. The van der Waals surface area contributed by atoms with Crippen molar-refractivity contribution in [3.05, 3.63) is 42.2 Å². The fourth-order valence-corrected chi connectivity index (χ4v) is 2.64.